The van der Waals surface area contributed by atoms with Crippen LogP contribution in [0.1, 0.15) is 33.0 Å². The molecule has 1 aromatic carbocycles. The summed E-state index contributed by atoms with van der Waals surface area (Å²) >= 11 is 6.04. The molecule has 150 valence electrons. The molecule has 0 aliphatic heterocycles. The lowest BCUT2D eigenvalue weighted by Crippen LogP contribution is -2.24. The number of carbonyl (C=O) groups is 1. The Labute approximate surface area is 178 Å². The second-order valence-corrected chi connectivity index (χ2v) is 7.35. The molecule has 8 heteroatoms. The predicted octanol–water partition coefficient (Wildman–Crippen LogP) is 3.48. The van der Waals surface area contributed by atoms with Crippen molar-refractivity contribution in [3.63, 3.8) is 0 Å². The van der Waals surface area contributed by atoms with Crippen LogP contribution in [0.5, 0.6) is 0 Å². The standard InChI is InChI=1S/C22H19ClN6O/c1-13-15(3-5-21(24)29-13)10-26-22(30)20-9-18(27-12-28-20)7-14-2-4-19-16(6-14)8-17(23)11-25-19/h2-6,8-9,11-12H,7,10H2,1H3,(H2,24,29)(H,26,30). The third kappa shape index (κ3) is 4.52. The Morgan fingerprint density at radius 3 is 2.80 bits per heavy atom. The van der Waals surface area contributed by atoms with Gasteiger partial charge in [-0.3, -0.25) is 9.78 Å². The second kappa shape index (κ2) is 8.42. The number of halogens is 1. The number of aromatic nitrogens is 4. The molecule has 0 saturated carbocycles. The molecule has 4 rings (SSSR count). The zero-order chi connectivity index (χ0) is 21.1. The van der Waals surface area contributed by atoms with Gasteiger partial charge >= 0.3 is 0 Å². The van der Waals surface area contributed by atoms with Crippen LogP contribution in [0.2, 0.25) is 5.02 Å². The van der Waals surface area contributed by atoms with Crippen LogP contribution in [0.25, 0.3) is 10.9 Å². The van der Waals surface area contributed by atoms with E-state index in [0.29, 0.717) is 29.5 Å². The number of amides is 1. The molecular formula is C22H19ClN6O. The van der Waals surface area contributed by atoms with E-state index in [9.17, 15) is 4.79 Å². The van der Waals surface area contributed by atoms with Crippen LogP contribution >= 0.6 is 11.6 Å². The first kappa shape index (κ1) is 19.7. The normalized spacial score (nSPS) is 10.9. The third-order valence-corrected chi connectivity index (χ3v) is 4.92. The average molecular weight is 419 g/mol. The number of nitrogens with zero attached hydrogens (tertiary/aromatic N) is 4. The van der Waals surface area contributed by atoms with Crippen molar-refractivity contribution in [2.45, 2.75) is 19.9 Å². The Morgan fingerprint density at radius 1 is 1.10 bits per heavy atom. The number of carbonyl (C=O) groups excluding carboxylic acids is 1. The maximum absolute atomic E-state index is 12.5. The molecule has 3 N–H and O–H groups in total. The minimum atomic E-state index is -0.274. The number of nitrogens with one attached hydrogen (secondary N) is 1. The quantitative estimate of drug-likeness (QED) is 0.513. The van der Waals surface area contributed by atoms with Gasteiger partial charge in [0.15, 0.2) is 0 Å². The fourth-order valence-electron chi connectivity index (χ4n) is 3.15. The van der Waals surface area contributed by atoms with E-state index in [1.54, 1.807) is 18.3 Å². The molecule has 3 heterocycles. The lowest BCUT2D eigenvalue weighted by Gasteiger charge is -2.09. The Hall–Kier alpha value is -3.58. The van der Waals surface area contributed by atoms with Crippen molar-refractivity contribution in [1.29, 1.82) is 0 Å². The molecule has 7 nitrogen and oxygen atoms in total. The fraction of sp³-hybridized carbons (Fsp3) is 0.136. The van der Waals surface area contributed by atoms with Crippen molar-refractivity contribution in [3.8, 4) is 0 Å². The number of hydrogen-bond acceptors (Lipinski definition) is 6. The Morgan fingerprint density at radius 2 is 1.97 bits per heavy atom. The lowest BCUT2D eigenvalue weighted by atomic mass is 10.1. The van der Waals surface area contributed by atoms with Gasteiger partial charge in [-0.15, -0.1) is 0 Å². The van der Waals surface area contributed by atoms with Gasteiger partial charge in [0.25, 0.3) is 5.91 Å². The van der Waals surface area contributed by atoms with Crippen molar-refractivity contribution < 1.29 is 4.79 Å². The topological polar surface area (TPSA) is 107 Å². The molecule has 3 aromatic heterocycles. The summed E-state index contributed by atoms with van der Waals surface area (Å²) < 4.78 is 0. The zero-order valence-electron chi connectivity index (χ0n) is 16.3. The molecule has 0 saturated heterocycles. The molecule has 0 bridgehead atoms. The average Bonchev–Trinajstić information content (AvgIpc) is 2.73. The summed E-state index contributed by atoms with van der Waals surface area (Å²) in [5.74, 6) is 0.180. The van der Waals surface area contributed by atoms with Gasteiger partial charge in [-0.1, -0.05) is 23.7 Å². The van der Waals surface area contributed by atoms with Gasteiger partial charge < -0.3 is 11.1 Å². The molecule has 0 fully saturated rings. The summed E-state index contributed by atoms with van der Waals surface area (Å²) in [5, 5.41) is 4.41. The number of fused-ring (bicyclic) bond motifs is 1. The lowest BCUT2D eigenvalue weighted by molar-refractivity contribution is 0.0945. The van der Waals surface area contributed by atoms with Crippen LogP contribution in [0.15, 0.2) is 55.0 Å². The van der Waals surface area contributed by atoms with E-state index in [4.69, 9.17) is 17.3 Å². The number of anilines is 1. The molecule has 30 heavy (non-hydrogen) atoms. The Bertz CT molecular complexity index is 1240. The number of hydrogen-bond donors (Lipinski definition) is 2. The Balaban J connectivity index is 1.47. The highest BCUT2D eigenvalue weighted by Crippen LogP contribution is 2.19. The first-order valence-electron chi connectivity index (χ1n) is 9.33. The monoisotopic (exact) mass is 418 g/mol. The van der Waals surface area contributed by atoms with Crippen molar-refractivity contribution in [2.24, 2.45) is 0 Å². The minimum absolute atomic E-state index is 0.274. The van der Waals surface area contributed by atoms with Gasteiger partial charge in [-0.05, 0) is 48.4 Å². The largest absolute Gasteiger partial charge is 0.384 e. The van der Waals surface area contributed by atoms with Gasteiger partial charge in [0, 0.05) is 35.9 Å². The molecule has 0 unspecified atom stereocenters. The van der Waals surface area contributed by atoms with E-state index in [-0.39, 0.29) is 5.91 Å². The number of nitrogen functional groups attached to an aromatic ring is 1. The number of aryl methyl sites for hydroxylation is 1. The van der Waals surface area contributed by atoms with Crippen LogP contribution in [-0.4, -0.2) is 25.8 Å². The van der Waals surface area contributed by atoms with Crippen molar-refractivity contribution in [1.82, 2.24) is 25.3 Å². The molecule has 1 amide bonds. The van der Waals surface area contributed by atoms with Crippen molar-refractivity contribution in [3.05, 3.63) is 88.2 Å². The fourth-order valence-corrected chi connectivity index (χ4v) is 3.32. The van der Waals surface area contributed by atoms with E-state index < -0.39 is 0 Å². The van der Waals surface area contributed by atoms with Crippen molar-refractivity contribution >= 4 is 34.2 Å². The van der Waals surface area contributed by atoms with Crippen LogP contribution in [0.4, 0.5) is 5.82 Å². The second-order valence-electron chi connectivity index (χ2n) is 6.92. The highest BCUT2D eigenvalue weighted by molar-refractivity contribution is 6.31. The van der Waals surface area contributed by atoms with E-state index in [0.717, 1.165) is 33.4 Å². The van der Waals surface area contributed by atoms with Crippen LogP contribution < -0.4 is 11.1 Å². The molecule has 4 aromatic rings. The number of benzene rings is 1. The highest BCUT2D eigenvalue weighted by Gasteiger charge is 2.10. The van der Waals surface area contributed by atoms with Gasteiger partial charge in [0.2, 0.25) is 0 Å². The van der Waals surface area contributed by atoms with Crippen LogP contribution in [0, 0.1) is 6.92 Å². The van der Waals surface area contributed by atoms with Crippen LogP contribution in [-0.2, 0) is 13.0 Å². The third-order valence-electron chi connectivity index (χ3n) is 4.71. The van der Waals surface area contributed by atoms with Gasteiger partial charge in [-0.2, -0.15) is 0 Å². The molecule has 0 atom stereocenters. The summed E-state index contributed by atoms with van der Waals surface area (Å²) in [6, 6.07) is 13.1. The summed E-state index contributed by atoms with van der Waals surface area (Å²) in [5.41, 5.74) is 10.3. The number of pyridine rings is 2. The number of rotatable bonds is 5. The summed E-state index contributed by atoms with van der Waals surface area (Å²) in [4.78, 5) is 29.4. The summed E-state index contributed by atoms with van der Waals surface area (Å²) in [7, 11) is 0. The molecule has 0 radical (unpaired) electrons. The summed E-state index contributed by atoms with van der Waals surface area (Å²) in [6.07, 6.45) is 3.59. The maximum atomic E-state index is 12.5. The van der Waals surface area contributed by atoms with E-state index in [2.05, 4.69) is 25.3 Å². The predicted molar refractivity (Wildman–Crippen MR) is 116 cm³/mol. The SMILES string of the molecule is Cc1nc(N)ccc1CNC(=O)c1cc(Cc2ccc3ncc(Cl)cc3c2)ncn1. The zero-order valence-corrected chi connectivity index (χ0v) is 17.0. The Kier molecular flexibility index (Phi) is 5.54. The van der Waals surface area contributed by atoms with Gasteiger partial charge in [0.1, 0.15) is 17.8 Å². The maximum Gasteiger partial charge on any atom is 0.270 e. The minimum Gasteiger partial charge on any atom is -0.384 e. The van der Waals surface area contributed by atoms with Crippen LogP contribution in [0.3, 0.4) is 0 Å². The first-order valence-corrected chi connectivity index (χ1v) is 9.71. The smallest absolute Gasteiger partial charge is 0.270 e. The van der Waals surface area contributed by atoms with E-state index in [1.165, 1.54) is 6.33 Å². The summed E-state index contributed by atoms with van der Waals surface area (Å²) in [6.45, 7) is 2.20. The number of nitrogens with two attached hydrogens (primary N) is 1. The van der Waals surface area contributed by atoms with Gasteiger partial charge in [-0.25, -0.2) is 15.0 Å². The van der Waals surface area contributed by atoms with Gasteiger partial charge in [0.05, 0.1) is 10.5 Å². The van der Waals surface area contributed by atoms with E-state index in [1.807, 2.05) is 37.3 Å². The van der Waals surface area contributed by atoms with E-state index >= 15 is 0 Å². The molecule has 0 aliphatic carbocycles. The highest BCUT2D eigenvalue weighted by atomic mass is 35.5. The molecular weight excluding hydrogens is 400 g/mol. The molecule has 0 spiro atoms. The van der Waals surface area contributed by atoms with Crippen molar-refractivity contribution in [2.75, 3.05) is 5.73 Å². The first-order chi connectivity index (χ1) is 14.5. The molecule has 0 aliphatic rings.